The van der Waals surface area contributed by atoms with Crippen molar-refractivity contribution < 1.29 is 4.39 Å². The Kier molecular flexibility index (Phi) is 5.03. The Bertz CT molecular complexity index is 613. The maximum Gasteiger partial charge on any atom is 0.124 e. The second kappa shape index (κ2) is 6.57. The van der Waals surface area contributed by atoms with E-state index in [0.29, 0.717) is 11.4 Å². The predicted octanol–water partition coefficient (Wildman–Crippen LogP) is 4.94. The monoisotopic (exact) mass is 311 g/mol. The van der Waals surface area contributed by atoms with E-state index in [-0.39, 0.29) is 11.9 Å². The minimum Gasteiger partial charge on any atom is -0.313 e. The SMILES string of the molecule is CNC(Cc1ccc(F)cc1Cl)c1ccc(C)c(Cl)c1. The van der Waals surface area contributed by atoms with Crippen LogP contribution < -0.4 is 5.32 Å². The van der Waals surface area contributed by atoms with E-state index in [1.807, 2.05) is 32.2 Å². The van der Waals surface area contributed by atoms with E-state index in [2.05, 4.69) is 5.32 Å². The Hall–Kier alpha value is -1.09. The molecule has 106 valence electrons. The molecular weight excluding hydrogens is 296 g/mol. The van der Waals surface area contributed by atoms with Gasteiger partial charge in [-0.15, -0.1) is 0 Å². The summed E-state index contributed by atoms with van der Waals surface area (Å²) in [4.78, 5) is 0. The van der Waals surface area contributed by atoms with Crippen LogP contribution in [0, 0.1) is 12.7 Å². The van der Waals surface area contributed by atoms with Gasteiger partial charge >= 0.3 is 0 Å². The van der Waals surface area contributed by atoms with Gasteiger partial charge in [0.2, 0.25) is 0 Å². The molecule has 0 spiro atoms. The Morgan fingerprint density at radius 2 is 1.85 bits per heavy atom. The average Bonchev–Trinajstić information content (AvgIpc) is 2.41. The van der Waals surface area contributed by atoms with Crippen LogP contribution in [0.1, 0.15) is 22.7 Å². The quantitative estimate of drug-likeness (QED) is 0.843. The molecule has 0 saturated carbocycles. The zero-order valence-corrected chi connectivity index (χ0v) is 12.9. The van der Waals surface area contributed by atoms with Gasteiger partial charge in [0.1, 0.15) is 5.82 Å². The van der Waals surface area contributed by atoms with Gasteiger partial charge < -0.3 is 5.32 Å². The summed E-state index contributed by atoms with van der Waals surface area (Å²) in [5, 5.41) is 4.44. The molecule has 1 nitrogen and oxygen atoms in total. The van der Waals surface area contributed by atoms with Gasteiger partial charge in [0, 0.05) is 16.1 Å². The van der Waals surface area contributed by atoms with Gasteiger partial charge in [-0.3, -0.25) is 0 Å². The molecule has 0 bridgehead atoms. The second-order valence-electron chi connectivity index (χ2n) is 4.79. The topological polar surface area (TPSA) is 12.0 Å². The fraction of sp³-hybridized carbons (Fsp3) is 0.250. The van der Waals surface area contributed by atoms with Crippen molar-refractivity contribution in [2.24, 2.45) is 0 Å². The smallest absolute Gasteiger partial charge is 0.124 e. The lowest BCUT2D eigenvalue weighted by molar-refractivity contribution is 0.589. The van der Waals surface area contributed by atoms with Crippen molar-refractivity contribution in [1.29, 1.82) is 0 Å². The molecule has 2 rings (SSSR count). The third-order valence-electron chi connectivity index (χ3n) is 3.39. The number of rotatable bonds is 4. The molecule has 0 radical (unpaired) electrons. The van der Waals surface area contributed by atoms with Gasteiger partial charge in [-0.2, -0.15) is 0 Å². The zero-order valence-electron chi connectivity index (χ0n) is 11.4. The molecule has 0 aliphatic heterocycles. The third-order valence-corrected chi connectivity index (χ3v) is 4.14. The van der Waals surface area contributed by atoms with Crippen LogP contribution >= 0.6 is 23.2 Å². The normalized spacial score (nSPS) is 12.4. The van der Waals surface area contributed by atoms with Crippen molar-refractivity contribution in [2.45, 2.75) is 19.4 Å². The van der Waals surface area contributed by atoms with Gasteiger partial charge in [0.15, 0.2) is 0 Å². The molecule has 0 aliphatic rings. The van der Waals surface area contributed by atoms with Gasteiger partial charge in [0.25, 0.3) is 0 Å². The van der Waals surface area contributed by atoms with Crippen LogP contribution in [0.25, 0.3) is 0 Å². The summed E-state index contributed by atoms with van der Waals surface area (Å²) in [7, 11) is 1.88. The highest BCUT2D eigenvalue weighted by Gasteiger charge is 2.13. The molecule has 1 atom stereocenters. The van der Waals surface area contributed by atoms with Crippen molar-refractivity contribution in [3.8, 4) is 0 Å². The maximum atomic E-state index is 13.1. The number of benzene rings is 2. The molecule has 20 heavy (non-hydrogen) atoms. The molecule has 1 N–H and O–H groups in total. The first-order valence-electron chi connectivity index (χ1n) is 6.38. The van der Waals surface area contributed by atoms with E-state index >= 15 is 0 Å². The number of hydrogen-bond acceptors (Lipinski definition) is 1. The van der Waals surface area contributed by atoms with E-state index in [1.54, 1.807) is 6.07 Å². The Morgan fingerprint density at radius 1 is 1.10 bits per heavy atom. The summed E-state index contributed by atoms with van der Waals surface area (Å²) in [6.07, 6.45) is 0.676. The fourth-order valence-corrected chi connectivity index (χ4v) is 2.55. The standard InChI is InChI=1S/C16H16Cl2FN/c1-10-3-4-12(7-14(10)17)16(20-2)8-11-5-6-13(19)9-15(11)18/h3-7,9,16,20H,8H2,1-2H3. The molecule has 2 aromatic rings. The number of hydrogen-bond donors (Lipinski definition) is 1. The minimum atomic E-state index is -0.321. The molecule has 0 aromatic heterocycles. The second-order valence-corrected chi connectivity index (χ2v) is 5.60. The van der Waals surface area contributed by atoms with Crippen molar-refractivity contribution in [3.63, 3.8) is 0 Å². The van der Waals surface area contributed by atoms with Crippen molar-refractivity contribution >= 4 is 23.2 Å². The van der Waals surface area contributed by atoms with E-state index in [9.17, 15) is 4.39 Å². The summed E-state index contributed by atoms with van der Waals surface area (Å²) >= 11 is 12.2. The van der Waals surface area contributed by atoms with Gasteiger partial charge in [-0.25, -0.2) is 4.39 Å². The zero-order chi connectivity index (χ0) is 14.7. The molecule has 2 aromatic carbocycles. The lowest BCUT2D eigenvalue weighted by Gasteiger charge is -2.18. The molecule has 0 saturated heterocycles. The molecule has 0 fully saturated rings. The molecule has 0 heterocycles. The average molecular weight is 312 g/mol. The summed E-state index contributed by atoms with van der Waals surface area (Å²) in [5.74, 6) is -0.321. The fourth-order valence-electron chi connectivity index (χ4n) is 2.12. The lowest BCUT2D eigenvalue weighted by atomic mass is 9.98. The Morgan fingerprint density at radius 3 is 2.45 bits per heavy atom. The summed E-state index contributed by atoms with van der Waals surface area (Å²) in [6.45, 7) is 1.97. The van der Waals surface area contributed by atoms with Crippen LogP contribution in [0.3, 0.4) is 0 Å². The largest absolute Gasteiger partial charge is 0.313 e. The van der Waals surface area contributed by atoms with Crippen LogP contribution in [-0.2, 0) is 6.42 Å². The maximum absolute atomic E-state index is 13.1. The molecule has 0 amide bonds. The minimum absolute atomic E-state index is 0.0797. The van der Waals surface area contributed by atoms with Crippen molar-refractivity contribution in [2.75, 3.05) is 7.05 Å². The lowest BCUT2D eigenvalue weighted by Crippen LogP contribution is -2.19. The highest BCUT2D eigenvalue weighted by molar-refractivity contribution is 6.31. The van der Waals surface area contributed by atoms with Gasteiger partial charge in [0.05, 0.1) is 0 Å². The molecular formula is C16H16Cl2FN. The highest BCUT2D eigenvalue weighted by atomic mass is 35.5. The Balaban J connectivity index is 2.26. The molecule has 0 aliphatic carbocycles. The third kappa shape index (κ3) is 3.51. The number of nitrogens with one attached hydrogen (secondary N) is 1. The molecule has 1 unspecified atom stereocenters. The van der Waals surface area contributed by atoms with E-state index in [4.69, 9.17) is 23.2 Å². The first kappa shape index (κ1) is 15.3. The van der Waals surface area contributed by atoms with Crippen LogP contribution in [0.4, 0.5) is 4.39 Å². The first-order valence-corrected chi connectivity index (χ1v) is 7.14. The van der Waals surface area contributed by atoms with Crippen molar-refractivity contribution in [1.82, 2.24) is 5.32 Å². The van der Waals surface area contributed by atoms with E-state index < -0.39 is 0 Å². The summed E-state index contributed by atoms with van der Waals surface area (Å²) < 4.78 is 13.1. The molecule has 4 heteroatoms. The van der Waals surface area contributed by atoms with Gasteiger partial charge in [-0.05, 0) is 55.3 Å². The van der Waals surface area contributed by atoms with Crippen LogP contribution in [0.5, 0.6) is 0 Å². The van der Waals surface area contributed by atoms with Crippen molar-refractivity contribution in [3.05, 3.63) is 69.0 Å². The van der Waals surface area contributed by atoms with Crippen LogP contribution in [-0.4, -0.2) is 7.05 Å². The van der Waals surface area contributed by atoms with Gasteiger partial charge in [-0.1, -0.05) is 41.4 Å². The summed E-state index contributed by atoms with van der Waals surface area (Å²) in [6, 6.07) is 10.6. The first-order chi connectivity index (χ1) is 9.51. The number of likely N-dealkylation sites (N-methyl/N-ethyl adjacent to an activating group) is 1. The Labute approximate surface area is 128 Å². The van der Waals surface area contributed by atoms with E-state index in [0.717, 1.165) is 21.7 Å². The highest BCUT2D eigenvalue weighted by Crippen LogP contribution is 2.26. The number of halogens is 3. The van der Waals surface area contributed by atoms with Crippen LogP contribution in [0.15, 0.2) is 36.4 Å². The predicted molar refractivity (Wildman–Crippen MR) is 83.1 cm³/mol. The summed E-state index contributed by atoms with van der Waals surface area (Å²) in [5.41, 5.74) is 3.04. The van der Waals surface area contributed by atoms with E-state index in [1.165, 1.54) is 12.1 Å². The van der Waals surface area contributed by atoms with Crippen LogP contribution in [0.2, 0.25) is 10.0 Å². The number of aryl methyl sites for hydroxylation is 1.